The molecule has 0 bridgehead atoms. The zero-order valence-electron chi connectivity index (χ0n) is 9.07. The minimum atomic E-state index is 0.126. The maximum Gasteiger partial charge on any atom is 0.271 e. The van der Waals surface area contributed by atoms with E-state index in [0.717, 1.165) is 32.8 Å². The lowest BCUT2D eigenvalue weighted by molar-refractivity contribution is 0.654. The van der Waals surface area contributed by atoms with Crippen molar-refractivity contribution in [3.63, 3.8) is 0 Å². The van der Waals surface area contributed by atoms with Gasteiger partial charge in [0.25, 0.3) is 5.56 Å². The number of halogens is 1. The smallest absolute Gasteiger partial charge is 0.271 e. The van der Waals surface area contributed by atoms with E-state index in [9.17, 15) is 4.79 Å². The summed E-state index contributed by atoms with van der Waals surface area (Å²) in [4.78, 5) is 12.1. The van der Waals surface area contributed by atoms with Gasteiger partial charge in [-0.25, -0.2) is 4.68 Å². The van der Waals surface area contributed by atoms with E-state index in [-0.39, 0.29) is 5.56 Å². The van der Waals surface area contributed by atoms with Crippen LogP contribution in [0.3, 0.4) is 0 Å². The van der Waals surface area contributed by atoms with Crippen LogP contribution in [0.15, 0.2) is 33.5 Å². The second kappa shape index (κ2) is 4.38. The second-order valence-electron chi connectivity index (χ2n) is 4.04. The van der Waals surface area contributed by atoms with E-state index in [4.69, 9.17) is 0 Å². The van der Waals surface area contributed by atoms with Gasteiger partial charge in [0.05, 0.1) is 17.8 Å². The molecule has 88 valence electrons. The Labute approximate surface area is 111 Å². The first-order valence-corrected chi connectivity index (χ1v) is 7.32. The average molecular weight is 311 g/mol. The lowest BCUT2D eigenvalue weighted by Crippen LogP contribution is -2.19. The van der Waals surface area contributed by atoms with Crippen molar-refractivity contribution in [2.24, 2.45) is 0 Å². The van der Waals surface area contributed by atoms with E-state index in [2.05, 4.69) is 21.0 Å². The number of fused-ring (bicyclic) bond motifs is 1. The van der Waals surface area contributed by atoms with E-state index >= 15 is 0 Å². The molecule has 3 nitrogen and oxygen atoms in total. The van der Waals surface area contributed by atoms with E-state index in [1.807, 2.05) is 24.3 Å². The van der Waals surface area contributed by atoms with Gasteiger partial charge in [-0.15, -0.1) is 0 Å². The van der Waals surface area contributed by atoms with Gasteiger partial charge in [0.2, 0.25) is 0 Å². The molecule has 0 atom stereocenters. The number of nitrogens with zero attached hydrogens (tertiary/aromatic N) is 1. The predicted molar refractivity (Wildman–Crippen MR) is 73.3 cm³/mol. The van der Waals surface area contributed by atoms with Crippen LogP contribution in [0.4, 0.5) is 0 Å². The summed E-state index contributed by atoms with van der Waals surface area (Å²) in [6.07, 6.45) is 0. The Morgan fingerprint density at radius 1 is 1.35 bits per heavy atom. The first-order chi connectivity index (χ1) is 8.25. The van der Waals surface area contributed by atoms with Gasteiger partial charge in [-0.2, -0.15) is 11.8 Å². The number of benzene rings is 1. The molecular weight excluding hydrogens is 300 g/mol. The number of rotatable bonds is 2. The molecule has 1 aliphatic heterocycles. The molecule has 5 heteroatoms. The third kappa shape index (κ3) is 1.98. The van der Waals surface area contributed by atoms with Crippen LogP contribution in [0.5, 0.6) is 0 Å². The van der Waals surface area contributed by atoms with Crippen LogP contribution in [0.2, 0.25) is 0 Å². The summed E-state index contributed by atoms with van der Waals surface area (Å²) in [7, 11) is 0. The van der Waals surface area contributed by atoms with Gasteiger partial charge in [-0.3, -0.25) is 9.89 Å². The van der Waals surface area contributed by atoms with Crippen LogP contribution in [0.1, 0.15) is 16.8 Å². The van der Waals surface area contributed by atoms with Crippen molar-refractivity contribution in [2.45, 2.75) is 18.1 Å². The minimum Gasteiger partial charge on any atom is -0.298 e. The minimum absolute atomic E-state index is 0.126. The van der Waals surface area contributed by atoms with Crippen LogP contribution < -0.4 is 5.56 Å². The summed E-state index contributed by atoms with van der Waals surface area (Å²) in [6.45, 7) is 0.595. The number of H-pyrrole nitrogens is 1. The Bertz CT molecular complexity index is 617. The normalized spacial score (nSPS) is 13.9. The fourth-order valence-electron chi connectivity index (χ4n) is 2.00. The Balaban J connectivity index is 1.97. The monoisotopic (exact) mass is 310 g/mol. The van der Waals surface area contributed by atoms with E-state index in [1.54, 1.807) is 16.4 Å². The van der Waals surface area contributed by atoms with Crippen molar-refractivity contribution >= 4 is 27.7 Å². The second-order valence-corrected chi connectivity index (χ2v) is 5.88. The Hall–Kier alpha value is -0.940. The molecule has 1 N–H and O–H groups in total. The molecule has 0 saturated carbocycles. The van der Waals surface area contributed by atoms with Crippen LogP contribution in [0.25, 0.3) is 0 Å². The molecule has 1 aliphatic rings. The summed E-state index contributed by atoms with van der Waals surface area (Å²) in [5, 5.41) is 3.20. The van der Waals surface area contributed by atoms with Gasteiger partial charge in [-0.05, 0) is 11.6 Å². The van der Waals surface area contributed by atoms with Gasteiger partial charge in [0.15, 0.2) is 0 Å². The SMILES string of the molecule is O=c1c2c([nH]n1Cc1ccccc1Br)CSC2. The van der Waals surface area contributed by atoms with Gasteiger partial charge in [0, 0.05) is 16.0 Å². The molecule has 0 radical (unpaired) electrons. The highest BCUT2D eigenvalue weighted by Crippen LogP contribution is 2.26. The standard InChI is InChI=1S/C12H11BrN2OS/c13-10-4-2-1-3-8(10)5-15-12(16)9-6-17-7-11(9)14-15/h1-4,14H,5-7H2. The fraction of sp³-hybridized carbons (Fsp3) is 0.250. The van der Waals surface area contributed by atoms with E-state index < -0.39 is 0 Å². The third-order valence-corrected chi connectivity index (χ3v) is 4.68. The highest BCUT2D eigenvalue weighted by atomic mass is 79.9. The van der Waals surface area contributed by atoms with Gasteiger partial charge in [-0.1, -0.05) is 34.1 Å². The predicted octanol–water partition coefficient (Wildman–Crippen LogP) is 2.73. The fourth-order valence-corrected chi connectivity index (χ4v) is 3.46. The molecule has 3 rings (SSSR count). The van der Waals surface area contributed by atoms with Gasteiger partial charge < -0.3 is 0 Å². The van der Waals surface area contributed by atoms with Crippen LogP contribution in [0, 0.1) is 0 Å². The maximum absolute atomic E-state index is 12.1. The summed E-state index contributed by atoms with van der Waals surface area (Å²) < 4.78 is 2.74. The van der Waals surface area contributed by atoms with Crippen molar-refractivity contribution in [1.82, 2.24) is 9.78 Å². The molecular formula is C12H11BrN2OS. The summed E-state index contributed by atoms with van der Waals surface area (Å²) in [5.74, 6) is 1.77. The zero-order chi connectivity index (χ0) is 11.8. The van der Waals surface area contributed by atoms with Crippen LogP contribution in [-0.4, -0.2) is 9.78 Å². The molecule has 0 fully saturated rings. The molecule has 0 unspecified atom stereocenters. The largest absolute Gasteiger partial charge is 0.298 e. The Morgan fingerprint density at radius 3 is 2.94 bits per heavy atom. The number of aromatic amines is 1. The van der Waals surface area contributed by atoms with E-state index in [1.165, 1.54) is 0 Å². The lowest BCUT2D eigenvalue weighted by atomic mass is 10.2. The first kappa shape index (κ1) is 11.2. The molecule has 0 amide bonds. The van der Waals surface area contributed by atoms with Crippen molar-refractivity contribution in [3.8, 4) is 0 Å². The molecule has 0 saturated heterocycles. The van der Waals surface area contributed by atoms with Gasteiger partial charge in [0.1, 0.15) is 0 Å². The topological polar surface area (TPSA) is 37.8 Å². The molecule has 2 aromatic rings. The van der Waals surface area contributed by atoms with Gasteiger partial charge >= 0.3 is 0 Å². The Kier molecular flexibility index (Phi) is 2.88. The van der Waals surface area contributed by atoms with Crippen molar-refractivity contribution < 1.29 is 0 Å². The molecule has 2 heterocycles. The van der Waals surface area contributed by atoms with Crippen LogP contribution >= 0.6 is 27.7 Å². The Morgan fingerprint density at radius 2 is 2.18 bits per heavy atom. The average Bonchev–Trinajstić information content (AvgIpc) is 2.87. The first-order valence-electron chi connectivity index (χ1n) is 5.37. The number of aromatic nitrogens is 2. The highest BCUT2D eigenvalue weighted by Gasteiger charge is 2.19. The summed E-state index contributed by atoms with van der Waals surface area (Å²) in [6, 6.07) is 7.98. The van der Waals surface area contributed by atoms with Crippen LogP contribution in [-0.2, 0) is 18.1 Å². The molecule has 1 aromatic heterocycles. The molecule has 0 aliphatic carbocycles. The number of hydrogen-bond donors (Lipinski definition) is 1. The number of thioether (sulfide) groups is 1. The maximum atomic E-state index is 12.1. The highest BCUT2D eigenvalue weighted by molar-refractivity contribution is 9.10. The lowest BCUT2D eigenvalue weighted by Gasteiger charge is -2.05. The molecule has 1 aromatic carbocycles. The van der Waals surface area contributed by atoms with Crippen molar-refractivity contribution in [2.75, 3.05) is 0 Å². The summed E-state index contributed by atoms with van der Waals surface area (Å²) >= 11 is 5.29. The number of hydrogen-bond acceptors (Lipinski definition) is 2. The summed E-state index contributed by atoms with van der Waals surface area (Å²) in [5.41, 5.74) is 3.28. The quantitative estimate of drug-likeness (QED) is 0.926. The van der Waals surface area contributed by atoms with Crippen molar-refractivity contribution in [1.29, 1.82) is 0 Å². The third-order valence-electron chi connectivity index (χ3n) is 2.92. The van der Waals surface area contributed by atoms with E-state index in [0.29, 0.717) is 6.54 Å². The molecule has 17 heavy (non-hydrogen) atoms. The van der Waals surface area contributed by atoms with Crippen molar-refractivity contribution in [3.05, 3.63) is 55.9 Å². The zero-order valence-corrected chi connectivity index (χ0v) is 11.5. The number of nitrogens with one attached hydrogen (secondary N) is 1. The molecule has 0 spiro atoms.